The van der Waals surface area contributed by atoms with E-state index >= 15 is 0 Å². The van der Waals surface area contributed by atoms with E-state index in [1.54, 1.807) is 0 Å². The maximum absolute atomic E-state index is 12.6. The lowest BCUT2D eigenvalue weighted by molar-refractivity contribution is -0.151. The van der Waals surface area contributed by atoms with Crippen LogP contribution in [0.25, 0.3) is 5.57 Å². The maximum Gasteiger partial charge on any atom is 0.311 e. The number of nitrogens with zero attached hydrogens (tertiary/aromatic N) is 1. The van der Waals surface area contributed by atoms with Crippen molar-refractivity contribution in [1.29, 1.82) is 0 Å². The van der Waals surface area contributed by atoms with Gasteiger partial charge in [-0.1, -0.05) is 18.2 Å². The number of ether oxygens (including phenoxy) is 1. The molecular formula is C25H31NO2S2. The van der Waals surface area contributed by atoms with Crippen molar-refractivity contribution in [2.24, 2.45) is 17.8 Å². The Kier molecular flexibility index (Phi) is 6.61. The van der Waals surface area contributed by atoms with Gasteiger partial charge in [-0.15, -0.1) is 22.7 Å². The summed E-state index contributed by atoms with van der Waals surface area (Å²) in [6.07, 6.45) is 8.99. The van der Waals surface area contributed by atoms with E-state index in [-0.39, 0.29) is 17.9 Å². The SMILES string of the molecule is CCOC(=O)[C@H]1[C@@H](N(C)CCC=C(c2sccc2C)c2sccc2C)[C@H]2C=C[C@@H]1C2. The quantitative estimate of drug-likeness (QED) is 0.375. The molecule has 2 aromatic rings. The minimum absolute atomic E-state index is 0.0209. The second kappa shape index (κ2) is 9.21. The Morgan fingerprint density at radius 3 is 2.33 bits per heavy atom. The van der Waals surface area contributed by atoms with Crippen molar-refractivity contribution < 1.29 is 9.53 Å². The highest BCUT2D eigenvalue weighted by atomic mass is 32.1. The fourth-order valence-electron chi connectivity index (χ4n) is 5.10. The van der Waals surface area contributed by atoms with Crippen LogP contribution in [0.1, 0.15) is 40.6 Å². The molecule has 0 spiro atoms. The van der Waals surface area contributed by atoms with E-state index < -0.39 is 0 Å². The number of allylic oxidation sites excluding steroid dienone is 1. The number of rotatable bonds is 8. The van der Waals surface area contributed by atoms with E-state index in [1.165, 1.54) is 26.5 Å². The highest BCUT2D eigenvalue weighted by Gasteiger charge is 2.50. The number of hydrogen-bond acceptors (Lipinski definition) is 5. The summed E-state index contributed by atoms with van der Waals surface area (Å²) in [5, 5.41) is 4.36. The first kappa shape index (κ1) is 21.5. The highest BCUT2D eigenvalue weighted by Crippen LogP contribution is 2.46. The molecule has 2 aliphatic rings. The number of esters is 1. The molecule has 4 atom stereocenters. The molecule has 0 saturated heterocycles. The minimum Gasteiger partial charge on any atom is -0.466 e. The Balaban J connectivity index is 1.50. The predicted octanol–water partition coefficient (Wildman–Crippen LogP) is 5.93. The van der Waals surface area contributed by atoms with E-state index in [2.05, 4.69) is 66.9 Å². The van der Waals surface area contributed by atoms with Gasteiger partial charge in [0.15, 0.2) is 0 Å². The van der Waals surface area contributed by atoms with Crippen molar-refractivity contribution in [2.75, 3.05) is 20.2 Å². The normalized spacial score (nSPS) is 24.6. The van der Waals surface area contributed by atoms with E-state index in [9.17, 15) is 4.79 Å². The molecule has 0 amide bonds. The maximum atomic E-state index is 12.6. The Bertz CT molecular complexity index is 912. The molecule has 160 valence electrons. The third-order valence-corrected chi connectivity index (χ3v) is 8.63. The van der Waals surface area contributed by atoms with Crippen LogP contribution in [-0.4, -0.2) is 37.1 Å². The van der Waals surface area contributed by atoms with Gasteiger partial charge in [-0.25, -0.2) is 0 Å². The molecule has 0 N–H and O–H groups in total. The Morgan fingerprint density at radius 1 is 1.13 bits per heavy atom. The lowest BCUT2D eigenvalue weighted by Crippen LogP contribution is -2.45. The molecule has 0 aliphatic heterocycles. The average molecular weight is 442 g/mol. The van der Waals surface area contributed by atoms with Crippen molar-refractivity contribution >= 4 is 34.2 Å². The van der Waals surface area contributed by atoms with E-state index in [4.69, 9.17) is 4.74 Å². The van der Waals surface area contributed by atoms with Crippen molar-refractivity contribution in [2.45, 2.75) is 39.7 Å². The van der Waals surface area contributed by atoms with Gasteiger partial charge in [-0.3, -0.25) is 4.79 Å². The Morgan fingerprint density at radius 2 is 1.77 bits per heavy atom. The van der Waals surface area contributed by atoms with Crippen LogP contribution in [0.15, 0.2) is 41.1 Å². The Labute approximate surface area is 188 Å². The zero-order valence-corrected chi connectivity index (χ0v) is 19.9. The smallest absolute Gasteiger partial charge is 0.311 e. The molecule has 0 aromatic carbocycles. The molecule has 4 rings (SSSR count). The summed E-state index contributed by atoms with van der Waals surface area (Å²) in [5.41, 5.74) is 4.04. The molecule has 5 heteroatoms. The number of hydrogen-bond donors (Lipinski definition) is 0. The van der Waals surface area contributed by atoms with Crippen LogP contribution in [0.2, 0.25) is 0 Å². The van der Waals surface area contributed by atoms with Crippen LogP contribution in [0.3, 0.4) is 0 Å². The van der Waals surface area contributed by atoms with Crippen LogP contribution in [-0.2, 0) is 9.53 Å². The first-order chi connectivity index (χ1) is 14.5. The number of carbonyl (C=O) groups is 1. The standard InChI is InChI=1S/C25H31NO2S2/c1-5-28-25(27)21-18-8-9-19(15-18)22(21)26(4)12-6-7-20(23-16(2)10-13-29-23)24-17(3)11-14-30-24/h7-11,13-14,18-19,21-22H,5-6,12,15H2,1-4H3/t18-,19+,21-,22+/m1/s1. The topological polar surface area (TPSA) is 29.5 Å². The summed E-state index contributed by atoms with van der Waals surface area (Å²) in [6.45, 7) is 7.68. The largest absolute Gasteiger partial charge is 0.466 e. The van der Waals surface area contributed by atoms with Crippen LogP contribution in [0.5, 0.6) is 0 Å². The van der Waals surface area contributed by atoms with E-state index in [0.29, 0.717) is 18.4 Å². The number of aryl methyl sites for hydroxylation is 2. The first-order valence-corrected chi connectivity index (χ1v) is 12.6. The molecule has 2 heterocycles. The van der Waals surface area contributed by atoms with Gasteiger partial charge in [0, 0.05) is 27.9 Å². The predicted molar refractivity (Wildman–Crippen MR) is 127 cm³/mol. The van der Waals surface area contributed by atoms with Gasteiger partial charge < -0.3 is 9.64 Å². The molecule has 2 aromatic heterocycles. The molecule has 1 saturated carbocycles. The minimum atomic E-state index is -0.0224. The summed E-state index contributed by atoms with van der Waals surface area (Å²) in [6, 6.07) is 4.66. The average Bonchev–Trinajstić information content (AvgIpc) is 3.50. The van der Waals surface area contributed by atoms with Crippen molar-refractivity contribution in [1.82, 2.24) is 4.90 Å². The number of fused-ring (bicyclic) bond motifs is 2. The molecule has 2 bridgehead atoms. The van der Waals surface area contributed by atoms with Gasteiger partial charge >= 0.3 is 5.97 Å². The van der Waals surface area contributed by atoms with Crippen molar-refractivity contribution in [3.05, 3.63) is 62.0 Å². The van der Waals surface area contributed by atoms with Crippen LogP contribution >= 0.6 is 22.7 Å². The number of thiophene rings is 2. The fraction of sp³-hybridized carbons (Fsp3) is 0.480. The van der Waals surface area contributed by atoms with Gasteiger partial charge in [0.05, 0.1) is 12.5 Å². The zero-order chi connectivity index (χ0) is 21.3. The molecule has 3 nitrogen and oxygen atoms in total. The third-order valence-electron chi connectivity index (χ3n) is 6.53. The van der Waals surface area contributed by atoms with Crippen molar-refractivity contribution in [3.8, 4) is 0 Å². The van der Waals surface area contributed by atoms with Crippen LogP contribution in [0.4, 0.5) is 0 Å². The van der Waals surface area contributed by atoms with Crippen molar-refractivity contribution in [3.63, 3.8) is 0 Å². The summed E-state index contributed by atoms with van der Waals surface area (Å²) in [5.74, 6) is 0.769. The monoisotopic (exact) mass is 441 g/mol. The zero-order valence-electron chi connectivity index (χ0n) is 18.3. The summed E-state index contributed by atoms with van der Waals surface area (Å²) in [7, 11) is 2.17. The fourth-order valence-corrected chi connectivity index (χ4v) is 7.11. The first-order valence-electron chi connectivity index (χ1n) is 10.9. The molecule has 30 heavy (non-hydrogen) atoms. The molecule has 2 aliphatic carbocycles. The second-order valence-electron chi connectivity index (χ2n) is 8.47. The molecule has 0 radical (unpaired) electrons. The van der Waals surface area contributed by atoms with Gasteiger partial charge in [0.25, 0.3) is 0 Å². The van der Waals surface area contributed by atoms with Gasteiger partial charge in [0.2, 0.25) is 0 Å². The van der Waals surface area contributed by atoms with Gasteiger partial charge in [0.1, 0.15) is 0 Å². The molecule has 0 unspecified atom stereocenters. The molecular weight excluding hydrogens is 410 g/mol. The van der Waals surface area contributed by atoms with Crippen LogP contribution < -0.4 is 0 Å². The lowest BCUT2D eigenvalue weighted by atomic mass is 9.88. The Hall–Kier alpha value is -1.69. The van der Waals surface area contributed by atoms with Gasteiger partial charge in [-0.2, -0.15) is 0 Å². The molecule has 1 fully saturated rings. The van der Waals surface area contributed by atoms with Gasteiger partial charge in [-0.05, 0) is 86.5 Å². The highest BCUT2D eigenvalue weighted by molar-refractivity contribution is 7.14. The van der Waals surface area contributed by atoms with E-state index in [1.807, 2.05) is 29.6 Å². The summed E-state index contributed by atoms with van der Waals surface area (Å²) >= 11 is 3.65. The van der Waals surface area contributed by atoms with Crippen LogP contribution in [0, 0.1) is 31.6 Å². The lowest BCUT2D eigenvalue weighted by Gasteiger charge is -2.34. The summed E-state index contributed by atoms with van der Waals surface area (Å²) < 4.78 is 5.42. The third kappa shape index (κ3) is 4.08. The number of carbonyl (C=O) groups excluding carboxylic acids is 1. The van der Waals surface area contributed by atoms with E-state index in [0.717, 1.165) is 19.4 Å². The summed E-state index contributed by atoms with van der Waals surface area (Å²) in [4.78, 5) is 17.8. The second-order valence-corrected chi connectivity index (χ2v) is 10.3.